The minimum Gasteiger partial charge on any atom is -0.294 e. The van der Waals surface area contributed by atoms with Gasteiger partial charge in [-0.25, -0.2) is 9.37 Å². The van der Waals surface area contributed by atoms with E-state index in [0.717, 1.165) is 6.20 Å². The smallest absolute Gasteiger partial charge is 0.228 e. The van der Waals surface area contributed by atoms with E-state index in [-0.39, 0.29) is 22.9 Å². The van der Waals surface area contributed by atoms with Crippen LogP contribution in [0, 0.1) is 11.7 Å². The molecule has 1 saturated heterocycles. The van der Waals surface area contributed by atoms with Crippen LogP contribution in [-0.4, -0.2) is 28.2 Å². The first kappa shape index (κ1) is 11.6. The molecule has 0 radical (unpaired) electrons. The Labute approximate surface area is 102 Å². The van der Waals surface area contributed by atoms with Crippen molar-refractivity contribution in [1.29, 1.82) is 0 Å². The molecule has 1 amide bonds. The molecule has 0 N–H and O–H groups in total. The van der Waals surface area contributed by atoms with Crippen molar-refractivity contribution in [2.24, 2.45) is 5.92 Å². The van der Waals surface area contributed by atoms with E-state index in [0.29, 0.717) is 18.7 Å². The zero-order chi connectivity index (χ0) is 11.7. The summed E-state index contributed by atoms with van der Waals surface area (Å²) in [5.41, 5.74) is 0. The Bertz CT molecular complexity index is 431. The third-order valence-corrected chi connectivity index (χ3v) is 3.11. The Morgan fingerprint density at radius 2 is 2.44 bits per heavy atom. The maximum atomic E-state index is 13.4. The van der Waals surface area contributed by atoms with Crippen LogP contribution in [0.3, 0.4) is 0 Å². The summed E-state index contributed by atoms with van der Waals surface area (Å²) in [6, 6.07) is 0. The molecule has 1 fully saturated rings. The third-order valence-electron chi connectivity index (χ3n) is 2.42. The molecule has 1 aliphatic rings. The van der Waals surface area contributed by atoms with Crippen LogP contribution in [0.25, 0.3) is 0 Å². The summed E-state index contributed by atoms with van der Waals surface area (Å²) in [5.74, 6) is -0.133. The first-order valence-electron chi connectivity index (χ1n) is 4.71. The Balaban J connectivity index is 2.30. The summed E-state index contributed by atoms with van der Waals surface area (Å²) in [6.45, 7) is 0.423. The summed E-state index contributed by atoms with van der Waals surface area (Å²) in [4.78, 5) is 20.2. The molecule has 16 heavy (non-hydrogen) atoms. The van der Waals surface area contributed by atoms with Crippen LogP contribution in [0.5, 0.6) is 0 Å². The number of anilines is 1. The molecule has 2 heterocycles. The predicted molar refractivity (Wildman–Crippen MR) is 61.3 cm³/mol. The van der Waals surface area contributed by atoms with E-state index in [1.165, 1.54) is 4.90 Å². The van der Waals surface area contributed by atoms with Crippen molar-refractivity contribution >= 4 is 36.0 Å². The average molecular weight is 262 g/mol. The molecule has 1 unspecified atom stereocenters. The topological polar surface area (TPSA) is 46.1 Å². The second-order valence-corrected chi connectivity index (χ2v) is 4.27. The monoisotopic (exact) mass is 261 g/mol. The van der Waals surface area contributed by atoms with Gasteiger partial charge in [0.25, 0.3) is 0 Å². The maximum absolute atomic E-state index is 13.4. The molecule has 7 heteroatoms. The van der Waals surface area contributed by atoms with Crippen LogP contribution in [0.2, 0.25) is 5.28 Å². The van der Waals surface area contributed by atoms with Gasteiger partial charge in [-0.1, -0.05) is 0 Å². The van der Waals surface area contributed by atoms with E-state index in [1.54, 1.807) is 0 Å². The molecule has 0 saturated carbocycles. The highest BCUT2D eigenvalue weighted by Crippen LogP contribution is 2.26. The molecular formula is C9H9ClFN3OS. The molecule has 86 valence electrons. The zero-order valence-corrected chi connectivity index (χ0v) is 9.88. The van der Waals surface area contributed by atoms with Gasteiger partial charge in [0.05, 0.1) is 6.20 Å². The molecule has 1 atom stereocenters. The largest absolute Gasteiger partial charge is 0.294 e. The van der Waals surface area contributed by atoms with Gasteiger partial charge < -0.3 is 0 Å². The Morgan fingerprint density at radius 3 is 3.06 bits per heavy atom. The molecule has 4 nitrogen and oxygen atoms in total. The van der Waals surface area contributed by atoms with Crippen molar-refractivity contribution in [2.45, 2.75) is 6.42 Å². The van der Waals surface area contributed by atoms with E-state index in [1.807, 2.05) is 0 Å². The molecule has 1 aromatic heterocycles. The van der Waals surface area contributed by atoms with Crippen molar-refractivity contribution in [2.75, 3.05) is 17.2 Å². The summed E-state index contributed by atoms with van der Waals surface area (Å²) in [6.07, 6.45) is 1.33. The fraction of sp³-hybridized carbons (Fsp3) is 0.444. The normalized spacial score (nSPS) is 20.6. The minimum atomic E-state index is -0.641. The molecule has 2 rings (SSSR count). The molecule has 1 aromatic rings. The van der Waals surface area contributed by atoms with Crippen LogP contribution in [-0.2, 0) is 4.79 Å². The van der Waals surface area contributed by atoms with Gasteiger partial charge >= 0.3 is 0 Å². The highest BCUT2D eigenvalue weighted by Gasteiger charge is 2.32. The van der Waals surface area contributed by atoms with Gasteiger partial charge in [0.2, 0.25) is 11.2 Å². The minimum absolute atomic E-state index is 0.0470. The molecular weight excluding hydrogens is 253 g/mol. The number of carbonyl (C=O) groups is 1. The van der Waals surface area contributed by atoms with Crippen LogP contribution in [0.4, 0.5) is 10.2 Å². The van der Waals surface area contributed by atoms with Crippen molar-refractivity contribution in [3.05, 3.63) is 17.3 Å². The Hall–Kier alpha value is -0.880. The Kier molecular flexibility index (Phi) is 3.30. The number of thiol groups is 1. The molecule has 0 bridgehead atoms. The summed E-state index contributed by atoms with van der Waals surface area (Å²) < 4.78 is 13.4. The van der Waals surface area contributed by atoms with E-state index >= 15 is 0 Å². The lowest BCUT2D eigenvalue weighted by molar-refractivity contribution is -0.117. The van der Waals surface area contributed by atoms with Crippen molar-refractivity contribution in [3.8, 4) is 0 Å². The van der Waals surface area contributed by atoms with Crippen molar-refractivity contribution in [1.82, 2.24) is 9.97 Å². The second kappa shape index (κ2) is 4.55. The van der Waals surface area contributed by atoms with Crippen LogP contribution < -0.4 is 4.90 Å². The number of carbonyl (C=O) groups excluding carboxylic acids is 1. The molecule has 1 aliphatic heterocycles. The lowest BCUT2D eigenvalue weighted by atomic mass is 10.1. The first-order chi connectivity index (χ1) is 7.61. The van der Waals surface area contributed by atoms with Gasteiger partial charge in [0.15, 0.2) is 11.6 Å². The number of amides is 1. The predicted octanol–water partition coefficient (Wildman–Crippen LogP) is 1.55. The van der Waals surface area contributed by atoms with Gasteiger partial charge in [-0.15, -0.1) is 0 Å². The third kappa shape index (κ3) is 2.12. The lowest BCUT2D eigenvalue weighted by Crippen LogP contribution is -2.27. The quantitative estimate of drug-likeness (QED) is 0.649. The zero-order valence-electron chi connectivity index (χ0n) is 8.23. The maximum Gasteiger partial charge on any atom is 0.228 e. The number of hydrogen-bond donors (Lipinski definition) is 1. The van der Waals surface area contributed by atoms with Crippen molar-refractivity contribution < 1.29 is 9.18 Å². The number of hydrogen-bond acceptors (Lipinski definition) is 4. The number of aromatic nitrogens is 2. The standard InChI is InChI=1S/C9H9ClFN3OS/c10-9-12-2-6(11)8(13-9)14-3-5(4-16)1-7(14)15/h2,5,16H,1,3-4H2. The first-order valence-corrected chi connectivity index (χ1v) is 5.72. The van der Waals surface area contributed by atoms with Gasteiger partial charge in [0, 0.05) is 13.0 Å². The van der Waals surface area contributed by atoms with E-state index < -0.39 is 5.82 Å². The fourth-order valence-electron chi connectivity index (χ4n) is 1.64. The van der Waals surface area contributed by atoms with Gasteiger partial charge in [0.1, 0.15) is 0 Å². The van der Waals surface area contributed by atoms with Gasteiger partial charge in [-0.05, 0) is 23.3 Å². The second-order valence-electron chi connectivity index (χ2n) is 3.57. The molecule has 0 aliphatic carbocycles. The van der Waals surface area contributed by atoms with E-state index in [2.05, 4.69) is 22.6 Å². The van der Waals surface area contributed by atoms with Crippen LogP contribution >= 0.6 is 24.2 Å². The SMILES string of the molecule is O=C1CC(CS)CN1c1nc(Cl)ncc1F. The van der Waals surface area contributed by atoms with E-state index in [4.69, 9.17) is 11.6 Å². The lowest BCUT2D eigenvalue weighted by Gasteiger charge is -2.15. The van der Waals surface area contributed by atoms with Crippen LogP contribution in [0.1, 0.15) is 6.42 Å². The Morgan fingerprint density at radius 1 is 1.69 bits per heavy atom. The summed E-state index contributed by atoms with van der Waals surface area (Å²) in [5, 5.41) is -0.0708. The molecule has 0 aromatic carbocycles. The average Bonchev–Trinajstić information content (AvgIpc) is 2.63. The van der Waals surface area contributed by atoms with Gasteiger partial charge in [-0.3, -0.25) is 9.69 Å². The molecule has 0 spiro atoms. The highest BCUT2D eigenvalue weighted by atomic mass is 35.5. The summed E-state index contributed by atoms with van der Waals surface area (Å²) >= 11 is 9.70. The highest BCUT2D eigenvalue weighted by molar-refractivity contribution is 7.80. The fourth-order valence-corrected chi connectivity index (χ4v) is 2.01. The number of halogens is 2. The van der Waals surface area contributed by atoms with Gasteiger partial charge in [-0.2, -0.15) is 17.6 Å². The summed E-state index contributed by atoms with van der Waals surface area (Å²) in [7, 11) is 0. The number of nitrogens with zero attached hydrogens (tertiary/aromatic N) is 3. The van der Waals surface area contributed by atoms with E-state index in [9.17, 15) is 9.18 Å². The number of rotatable bonds is 2. The van der Waals surface area contributed by atoms with Crippen molar-refractivity contribution in [3.63, 3.8) is 0 Å². The van der Waals surface area contributed by atoms with Crippen LogP contribution in [0.15, 0.2) is 6.20 Å².